The molecular weight excluding hydrogens is 320 g/mol. The number of benzene rings is 3. The third-order valence-electron chi connectivity index (χ3n) is 5.55. The largest absolute Gasteiger partial charge is 0.399 e. The third-order valence-corrected chi connectivity index (χ3v) is 5.55. The smallest absolute Gasteiger partial charge is 0.0760 e. The number of nitrogens with two attached hydrogens (primary N) is 1. The van der Waals surface area contributed by atoms with Crippen molar-refractivity contribution < 1.29 is 0 Å². The summed E-state index contributed by atoms with van der Waals surface area (Å²) >= 11 is 0. The molecule has 0 atom stereocenters. The SMILES string of the molecule is CN(C)CCN1Cc2cc(N)cc3c4c5ccccc5ccc4n(c23)C1. The van der Waals surface area contributed by atoms with Crippen LogP contribution in [0.3, 0.4) is 0 Å². The third kappa shape index (κ3) is 2.30. The minimum absolute atomic E-state index is 0.856. The van der Waals surface area contributed by atoms with Crippen LogP contribution in [0, 0.1) is 0 Å². The summed E-state index contributed by atoms with van der Waals surface area (Å²) in [5, 5.41) is 5.22. The quantitative estimate of drug-likeness (QED) is 0.573. The highest BCUT2D eigenvalue weighted by Crippen LogP contribution is 2.39. The summed E-state index contributed by atoms with van der Waals surface area (Å²) in [6.45, 7) is 4.01. The fraction of sp³-hybridized carbons (Fsp3) is 0.273. The van der Waals surface area contributed by atoms with E-state index in [1.54, 1.807) is 0 Å². The van der Waals surface area contributed by atoms with E-state index in [-0.39, 0.29) is 0 Å². The molecule has 0 saturated carbocycles. The molecule has 4 aromatic rings. The molecule has 2 N–H and O–H groups in total. The number of anilines is 1. The Hall–Kier alpha value is -2.56. The number of nitrogens with zero attached hydrogens (tertiary/aromatic N) is 3. The van der Waals surface area contributed by atoms with Crippen molar-refractivity contribution >= 4 is 38.3 Å². The molecule has 1 aliphatic rings. The van der Waals surface area contributed by atoms with Gasteiger partial charge in [0.1, 0.15) is 0 Å². The Kier molecular flexibility index (Phi) is 3.45. The number of nitrogen functional groups attached to an aromatic ring is 1. The maximum Gasteiger partial charge on any atom is 0.0760 e. The van der Waals surface area contributed by atoms with Crippen LogP contribution in [-0.2, 0) is 13.2 Å². The molecule has 1 aromatic heterocycles. The number of hydrogen-bond donors (Lipinski definition) is 1. The Balaban J connectivity index is 1.79. The van der Waals surface area contributed by atoms with Gasteiger partial charge < -0.3 is 15.2 Å². The van der Waals surface area contributed by atoms with Crippen molar-refractivity contribution in [1.29, 1.82) is 0 Å². The lowest BCUT2D eigenvalue weighted by Crippen LogP contribution is -2.35. The van der Waals surface area contributed by atoms with Crippen molar-refractivity contribution in [2.24, 2.45) is 0 Å². The molecule has 132 valence electrons. The van der Waals surface area contributed by atoms with Gasteiger partial charge >= 0.3 is 0 Å². The van der Waals surface area contributed by atoms with Crippen LogP contribution in [0.2, 0.25) is 0 Å². The van der Waals surface area contributed by atoms with Gasteiger partial charge in [-0.05, 0) is 48.6 Å². The Morgan fingerprint density at radius 3 is 2.73 bits per heavy atom. The molecule has 0 radical (unpaired) electrons. The van der Waals surface area contributed by atoms with Gasteiger partial charge in [0.15, 0.2) is 0 Å². The summed E-state index contributed by atoms with van der Waals surface area (Å²) < 4.78 is 2.48. The maximum atomic E-state index is 6.30. The molecule has 0 saturated heterocycles. The monoisotopic (exact) mass is 344 g/mol. The van der Waals surface area contributed by atoms with Crippen LogP contribution in [0.5, 0.6) is 0 Å². The second-order valence-corrected chi connectivity index (χ2v) is 7.68. The van der Waals surface area contributed by atoms with Gasteiger partial charge in [0.2, 0.25) is 0 Å². The standard InChI is InChI=1S/C22H24N4/c1-24(2)9-10-25-13-16-11-17(23)12-19-21-18-6-4-3-5-15(18)7-8-20(21)26(14-25)22(16)19/h3-8,11-12H,9-10,13-14,23H2,1-2H3. The van der Waals surface area contributed by atoms with Gasteiger partial charge in [-0.1, -0.05) is 30.3 Å². The first-order valence-corrected chi connectivity index (χ1v) is 9.21. The summed E-state index contributed by atoms with van der Waals surface area (Å²) in [4.78, 5) is 4.75. The maximum absolute atomic E-state index is 6.30. The van der Waals surface area contributed by atoms with Gasteiger partial charge in [0, 0.05) is 36.1 Å². The van der Waals surface area contributed by atoms with E-state index in [0.717, 1.165) is 32.0 Å². The zero-order valence-corrected chi connectivity index (χ0v) is 15.4. The van der Waals surface area contributed by atoms with Crippen LogP contribution in [0.4, 0.5) is 5.69 Å². The van der Waals surface area contributed by atoms with Crippen molar-refractivity contribution in [2.75, 3.05) is 32.9 Å². The van der Waals surface area contributed by atoms with E-state index in [9.17, 15) is 0 Å². The molecule has 4 nitrogen and oxygen atoms in total. The number of hydrogen-bond acceptors (Lipinski definition) is 3. The van der Waals surface area contributed by atoms with Gasteiger partial charge in [-0.25, -0.2) is 0 Å². The van der Waals surface area contributed by atoms with Gasteiger partial charge in [-0.15, -0.1) is 0 Å². The summed E-state index contributed by atoms with van der Waals surface area (Å²) in [6, 6.07) is 17.5. The minimum Gasteiger partial charge on any atom is -0.399 e. The fourth-order valence-electron chi connectivity index (χ4n) is 4.37. The molecule has 1 aliphatic heterocycles. The van der Waals surface area contributed by atoms with E-state index in [1.165, 1.54) is 38.1 Å². The average molecular weight is 344 g/mol. The van der Waals surface area contributed by atoms with Gasteiger partial charge in [-0.2, -0.15) is 0 Å². The first-order chi connectivity index (χ1) is 12.6. The van der Waals surface area contributed by atoms with E-state index in [1.807, 2.05) is 0 Å². The predicted octanol–water partition coefficient (Wildman–Crippen LogP) is 3.86. The summed E-state index contributed by atoms with van der Waals surface area (Å²) in [5.74, 6) is 0. The summed E-state index contributed by atoms with van der Waals surface area (Å²) in [7, 11) is 4.26. The first kappa shape index (κ1) is 15.7. The molecule has 4 heteroatoms. The normalized spacial score (nSPS) is 14.9. The minimum atomic E-state index is 0.856. The highest BCUT2D eigenvalue weighted by Gasteiger charge is 2.23. The Bertz CT molecular complexity index is 1140. The predicted molar refractivity (Wildman–Crippen MR) is 110 cm³/mol. The first-order valence-electron chi connectivity index (χ1n) is 9.21. The zero-order valence-electron chi connectivity index (χ0n) is 15.4. The number of fused-ring (bicyclic) bond motifs is 5. The Morgan fingerprint density at radius 2 is 1.88 bits per heavy atom. The molecular formula is C22H24N4. The molecule has 0 aliphatic carbocycles. The van der Waals surface area contributed by atoms with Gasteiger partial charge in [-0.3, -0.25) is 4.90 Å². The Morgan fingerprint density at radius 1 is 1.04 bits per heavy atom. The van der Waals surface area contributed by atoms with Gasteiger partial charge in [0.25, 0.3) is 0 Å². The summed E-state index contributed by atoms with van der Waals surface area (Å²) in [6.07, 6.45) is 0. The van der Waals surface area contributed by atoms with E-state index >= 15 is 0 Å². The molecule has 0 spiro atoms. The van der Waals surface area contributed by atoms with Crippen LogP contribution in [0.1, 0.15) is 5.56 Å². The Labute approximate surface area is 153 Å². The molecule has 5 rings (SSSR count). The highest BCUT2D eigenvalue weighted by atomic mass is 15.3. The van der Waals surface area contributed by atoms with Gasteiger partial charge in [0.05, 0.1) is 17.7 Å². The molecule has 3 aromatic carbocycles. The topological polar surface area (TPSA) is 37.4 Å². The van der Waals surface area contributed by atoms with Crippen molar-refractivity contribution in [1.82, 2.24) is 14.4 Å². The molecule has 2 heterocycles. The lowest BCUT2D eigenvalue weighted by molar-refractivity contribution is 0.186. The van der Waals surface area contributed by atoms with Crippen LogP contribution in [0.15, 0.2) is 48.5 Å². The molecule has 0 bridgehead atoms. The van der Waals surface area contributed by atoms with Crippen LogP contribution >= 0.6 is 0 Å². The van der Waals surface area contributed by atoms with Crippen LogP contribution in [0.25, 0.3) is 32.6 Å². The fourth-order valence-corrected chi connectivity index (χ4v) is 4.37. The number of likely N-dealkylation sites (N-methyl/N-ethyl adjacent to an activating group) is 1. The van der Waals surface area contributed by atoms with Crippen molar-refractivity contribution in [3.8, 4) is 0 Å². The second-order valence-electron chi connectivity index (χ2n) is 7.68. The number of aromatic nitrogens is 1. The van der Waals surface area contributed by atoms with Crippen LogP contribution < -0.4 is 5.73 Å². The van der Waals surface area contributed by atoms with Crippen molar-refractivity contribution in [2.45, 2.75) is 13.2 Å². The van der Waals surface area contributed by atoms with Crippen molar-refractivity contribution in [3.05, 3.63) is 54.1 Å². The molecule has 0 fully saturated rings. The molecule has 0 unspecified atom stereocenters. The second kappa shape index (κ2) is 5.73. The lowest BCUT2D eigenvalue weighted by atomic mass is 10.0. The molecule has 0 amide bonds. The average Bonchev–Trinajstić information content (AvgIpc) is 2.95. The van der Waals surface area contributed by atoms with E-state index in [4.69, 9.17) is 5.73 Å². The van der Waals surface area contributed by atoms with Crippen LogP contribution in [-0.4, -0.2) is 41.6 Å². The van der Waals surface area contributed by atoms with E-state index in [0.29, 0.717) is 0 Å². The van der Waals surface area contributed by atoms with Crippen molar-refractivity contribution in [3.63, 3.8) is 0 Å². The molecule has 26 heavy (non-hydrogen) atoms. The van der Waals surface area contributed by atoms with E-state index in [2.05, 4.69) is 77.0 Å². The zero-order chi connectivity index (χ0) is 17.8. The lowest BCUT2D eigenvalue weighted by Gasteiger charge is -2.30. The summed E-state index contributed by atoms with van der Waals surface area (Å²) in [5.41, 5.74) is 11.2. The van der Waals surface area contributed by atoms with E-state index < -0.39 is 0 Å². The number of rotatable bonds is 3. The highest BCUT2D eigenvalue weighted by molar-refractivity contribution is 6.21.